The van der Waals surface area contributed by atoms with Crippen LogP contribution in [0.5, 0.6) is 0 Å². The van der Waals surface area contributed by atoms with Gasteiger partial charge in [0.05, 0.1) is 10.5 Å². The van der Waals surface area contributed by atoms with E-state index < -0.39 is 0 Å². The molecular weight excluding hydrogens is 298 g/mol. The number of pyridine rings is 1. The fourth-order valence-electron chi connectivity index (χ4n) is 1.70. The van der Waals surface area contributed by atoms with Crippen molar-refractivity contribution in [3.05, 3.63) is 39.0 Å². The molecular formula is C14H15BrClN. The van der Waals surface area contributed by atoms with E-state index in [9.17, 15) is 0 Å². The summed E-state index contributed by atoms with van der Waals surface area (Å²) in [4.78, 5) is 4.74. The second-order valence-electron chi connectivity index (χ2n) is 5.33. The van der Waals surface area contributed by atoms with Crippen LogP contribution in [0.15, 0.2) is 22.7 Å². The summed E-state index contributed by atoms with van der Waals surface area (Å²) >= 11 is 9.93. The summed E-state index contributed by atoms with van der Waals surface area (Å²) in [5.41, 5.74) is 3.14. The van der Waals surface area contributed by atoms with Gasteiger partial charge in [-0.3, -0.25) is 4.98 Å². The average Bonchev–Trinajstić information content (AvgIpc) is 2.22. The van der Waals surface area contributed by atoms with E-state index in [1.54, 1.807) is 0 Å². The minimum atomic E-state index is 0.00101. The van der Waals surface area contributed by atoms with Crippen molar-refractivity contribution < 1.29 is 0 Å². The van der Waals surface area contributed by atoms with Crippen LogP contribution in [0.1, 0.15) is 32.0 Å². The van der Waals surface area contributed by atoms with Gasteiger partial charge < -0.3 is 0 Å². The van der Waals surface area contributed by atoms with Crippen LogP contribution < -0.4 is 0 Å². The van der Waals surface area contributed by atoms with Crippen LogP contribution in [-0.4, -0.2) is 4.98 Å². The molecule has 0 unspecified atom stereocenters. The first-order valence-corrected chi connectivity index (χ1v) is 6.73. The predicted octanol–water partition coefficient (Wildman–Crippen LogP) is 5.26. The predicted molar refractivity (Wildman–Crippen MR) is 77.9 cm³/mol. The third-order valence-electron chi connectivity index (χ3n) is 2.83. The van der Waals surface area contributed by atoms with Crippen molar-refractivity contribution in [1.29, 1.82) is 0 Å². The van der Waals surface area contributed by atoms with Crippen LogP contribution in [0.3, 0.4) is 0 Å². The molecule has 0 amide bonds. The summed E-state index contributed by atoms with van der Waals surface area (Å²) in [5, 5.41) is 1.76. The maximum Gasteiger partial charge on any atom is 0.0865 e. The first-order valence-electron chi connectivity index (χ1n) is 5.56. The fourth-order valence-corrected chi connectivity index (χ4v) is 2.39. The zero-order chi connectivity index (χ0) is 12.8. The summed E-state index contributed by atoms with van der Waals surface area (Å²) in [5.74, 6) is 0. The largest absolute Gasteiger partial charge is 0.251 e. The molecule has 3 heteroatoms. The Hall–Kier alpha value is -0.600. The molecule has 1 aromatic carbocycles. The van der Waals surface area contributed by atoms with Crippen molar-refractivity contribution in [2.45, 2.75) is 33.1 Å². The van der Waals surface area contributed by atoms with Gasteiger partial charge in [0, 0.05) is 21.0 Å². The lowest BCUT2D eigenvalue weighted by atomic mass is 9.91. The first kappa shape index (κ1) is 12.8. The molecule has 1 aromatic heterocycles. The van der Waals surface area contributed by atoms with Gasteiger partial charge in [-0.1, -0.05) is 44.5 Å². The molecule has 0 radical (unpaired) electrons. The highest BCUT2D eigenvalue weighted by molar-refractivity contribution is 9.10. The highest BCUT2D eigenvalue weighted by atomic mass is 79.9. The number of hydrogen-bond donors (Lipinski definition) is 0. The zero-order valence-electron chi connectivity index (χ0n) is 10.4. The van der Waals surface area contributed by atoms with Crippen LogP contribution in [0, 0.1) is 6.92 Å². The lowest BCUT2D eigenvalue weighted by Gasteiger charge is -2.19. The summed E-state index contributed by atoms with van der Waals surface area (Å²) in [7, 11) is 0. The van der Waals surface area contributed by atoms with Crippen molar-refractivity contribution >= 4 is 38.4 Å². The number of halogens is 2. The molecule has 0 aliphatic rings. The van der Waals surface area contributed by atoms with Crippen LogP contribution in [0.25, 0.3) is 10.9 Å². The normalized spacial score (nSPS) is 12.1. The van der Waals surface area contributed by atoms with Gasteiger partial charge >= 0.3 is 0 Å². The number of aromatic nitrogens is 1. The summed E-state index contributed by atoms with van der Waals surface area (Å²) in [6.45, 7) is 8.48. The maximum absolute atomic E-state index is 6.33. The van der Waals surface area contributed by atoms with Gasteiger partial charge in [-0.05, 0) is 34.5 Å². The van der Waals surface area contributed by atoms with Gasteiger partial charge in [0.25, 0.3) is 0 Å². The number of aryl methyl sites for hydroxylation is 1. The molecule has 0 spiro atoms. The molecule has 1 nitrogen and oxygen atoms in total. The van der Waals surface area contributed by atoms with E-state index in [0.29, 0.717) is 0 Å². The summed E-state index contributed by atoms with van der Waals surface area (Å²) < 4.78 is 1.03. The Morgan fingerprint density at radius 3 is 2.47 bits per heavy atom. The molecule has 17 heavy (non-hydrogen) atoms. The highest BCUT2D eigenvalue weighted by Gasteiger charge is 2.18. The third kappa shape index (κ3) is 2.34. The third-order valence-corrected chi connectivity index (χ3v) is 4.14. The molecule has 0 atom stereocenters. The van der Waals surface area contributed by atoms with E-state index in [-0.39, 0.29) is 5.41 Å². The van der Waals surface area contributed by atoms with Gasteiger partial charge in [0.1, 0.15) is 0 Å². The van der Waals surface area contributed by atoms with Crippen LogP contribution in [0.2, 0.25) is 5.02 Å². The topological polar surface area (TPSA) is 12.9 Å². The molecule has 0 aliphatic heterocycles. The Balaban J connectivity index is 2.84. The average molecular weight is 313 g/mol. The SMILES string of the molecule is Cc1ccc2c(Cl)cc(C(C)(C)C)nc2c1Br. The highest BCUT2D eigenvalue weighted by Crippen LogP contribution is 2.33. The van der Waals surface area contributed by atoms with Crippen molar-refractivity contribution in [3.63, 3.8) is 0 Å². The quantitative estimate of drug-likeness (QED) is 0.647. The van der Waals surface area contributed by atoms with Gasteiger partial charge in [-0.2, -0.15) is 0 Å². The van der Waals surface area contributed by atoms with Crippen molar-refractivity contribution in [3.8, 4) is 0 Å². The molecule has 0 bridgehead atoms. The monoisotopic (exact) mass is 311 g/mol. The first-order chi connectivity index (χ1) is 7.80. The van der Waals surface area contributed by atoms with Gasteiger partial charge in [-0.15, -0.1) is 0 Å². The molecule has 90 valence electrons. The number of benzene rings is 1. The standard InChI is InChI=1S/C14H15BrClN/c1-8-5-6-9-10(16)7-11(14(2,3)4)17-13(9)12(8)15/h5-7H,1-4H3. The summed E-state index contributed by atoms with van der Waals surface area (Å²) in [6.07, 6.45) is 0. The molecule has 2 aromatic rings. The molecule has 2 rings (SSSR count). The number of fused-ring (bicyclic) bond motifs is 1. The van der Waals surface area contributed by atoms with Crippen LogP contribution in [0.4, 0.5) is 0 Å². The minimum Gasteiger partial charge on any atom is -0.251 e. The Bertz CT molecular complexity index is 585. The van der Waals surface area contributed by atoms with Crippen molar-refractivity contribution in [2.24, 2.45) is 0 Å². The molecule has 0 aliphatic carbocycles. The zero-order valence-corrected chi connectivity index (χ0v) is 12.8. The molecule has 0 saturated carbocycles. The second-order valence-corrected chi connectivity index (χ2v) is 6.53. The van der Waals surface area contributed by atoms with Crippen molar-refractivity contribution in [2.75, 3.05) is 0 Å². The van der Waals surface area contributed by atoms with Crippen LogP contribution in [-0.2, 0) is 5.41 Å². The van der Waals surface area contributed by atoms with E-state index in [2.05, 4.69) is 49.7 Å². The molecule has 0 N–H and O–H groups in total. The fraction of sp³-hybridized carbons (Fsp3) is 0.357. The van der Waals surface area contributed by atoms with E-state index in [1.165, 1.54) is 5.56 Å². The van der Waals surface area contributed by atoms with Crippen LogP contribution >= 0.6 is 27.5 Å². The molecule has 1 heterocycles. The number of nitrogens with zero attached hydrogens (tertiary/aromatic N) is 1. The second kappa shape index (κ2) is 4.25. The van der Waals surface area contributed by atoms with Gasteiger partial charge in [0.2, 0.25) is 0 Å². The van der Waals surface area contributed by atoms with Crippen molar-refractivity contribution in [1.82, 2.24) is 4.98 Å². The lowest BCUT2D eigenvalue weighted by Crippen LogP contribution is -2.13. The van der Waals surface area contributed by atoms with Gasteiger partial charge in [0.15, 0.2) is 0 Å². The summed E-state index contributed by atoms with van der Waals surface area (Å²) in [6, 6.07) is 6.04. The Morgan fingerprint density at radius 1 is 1.24 bits per heavy atom. The van der Waals surface area contributed by atoms with E-state index in [4.69, 9.17) is 16.6 Å². The number of rotatable bonds is 0. The Labute approximate surface area is 115 Å². The molecule has 0 saturated heterocycles. The Kier molecular flexibility index (Phi) is 3.21. The smallest absolute Gasteiger partial charge is 0.0865 e. The maximum atomic E-state index is 6.33. The lowest BCUT2D eigenvalue weighted by molar-refractivity contribution is 0.571. The number of hydrogen-bond acceptors (Lipinski definition) is 1. The van der Waals surface area contributed by atoms with E-state index in [0.717, 1.165) is 26.1 Å². The molecule has 0 fully saturated rings. The van der Waals surface area contributed by atoms with Gasteiger partial charge in [-0.25, -0.2) is 0 Å². The minimum absolute atomic E-state index is 0.00101. The van der Waals surface area contributed by atoms with E-state index >= 15 is 0 Å². The Morgan fingerprint density at radius 2 is 1.88 bits per heavy atom. The van der Waals surface area contributed by atoms with E-state index in [1.807, 2.05) is 12.1 Å².